The molecule has 0 saturated heterocycles. The van der Waals surface area contributed by atoms with E-state index < -0.39 is 0 Å². The van der Waals surface area contributed by atoms with Gasteiger partial charge in [-0.2, -0.15) is 5.10 Å². The van der Waals surface area contributed by atoms with Gasteiger partial charge in [0, 0.05) is 12.2 Å². The third kappa shape index (κ3) is 1.80. The number of aromatic amines is 1. The van der Waals surface area contributed by atoms with Crippen LogP contribution in [0.25, 0.3) is 11.3 Å². The molecular weight excluding hydrogens is 190 g/mol. The van der Waals surface area contributed by atoms with Crippen LogP contribution in [-0.4, -0.2) is 17.2 Å². The van der Waals surface area contributed by atoms with Gasteiger partial charge in [0.2, 0.25) is 0 Å². The summed E-state index contributed by atoms with van der Waals surface area (Å²) < 4.78 is 5.61. The summed E-state index contributed by atoms with van der Waals surface area (Å²) in [6, 6.07) is 3.94. The quantitative estimate of drug-likeness (QED) is 0.805. The zero-order chi connectivity index (χ0) is 10.8. The number of nitrogens with zero attached hydrogens (tertiary/aromatic N) is 1. The van der Waals surface area contributed by atoms with Gasteiger partial charge in [0.05, 0.1) is 11.3 Å². The topological polar surface area (TPSA) is 53.9 Å². The van der Waals surface area contributed by atoms with E-state index in [9.17, 15) is 0 Å². The highest BCUT2D eigenvalue weighted by Crippen LogP contribution is 2.27. The maximum atomic E-state index is 5.61. The molecule has 0 unspecified atom stereocenters. The number of H-pyrrole nitrogens is 1. The summed E-state index contributed by atoms with van der Waals surface area (Å²) in [5, 5.41) is 10.3. The Hall–Kier alpha value is -1.55. The van der Waals surface area contributed by atoms with Crippen molar-refractivity contribution in [2.75, 3.05) is 7.05 Å². The summed E-state index contributed by atoms with van der Waals surface area (Å²) in [6.45, 7) is 4.68. The molecule has 0 fully saturated rings. The molecule has 2 aromatic rings. The normalized spacial score (nSPS) is 10.9. The van der Waals surface area contributed by atoms with Gasteiger partial charge in [-0.3, -0.25) is 5.10 Å². The Bertz CT molecular complexity index is 456. The maximum absolute atomic E-state index is 5.61. The van der Waals surface area contributed by atoms with Crippen molar-refractivity contribution >= 4 is 0 Å². The van der Waals surface area contributed by atoms with Gasteiger partial charge in [0.1, 0.15) is 11.5 Å². The van der Waals surface area contributed by atoms with E-state index in [4.69, 9.17) is 4.42 Å². The van der Waals surface area contributed by atoms with Gasteiger partial charge in [-0.25, -0.2) is 0 Å². The van der Waals surface area contributed by atoms with Crippen LogP contribution in [0.1, 0.15) is 17.1 Å². The van der Waals surface area contributed by atoms with Crippen molar-refractivity contribution in [2.45, 2.75) is 20.4 Å². The number of aryl methyl sites for hydroxylation is 2. The molecule has 0 bridgehead atoms. The van der Waals surface area contributed by atoms with Gasteiger partial charge >= 0.3 is 0 Å². The highest BCUT2D eigenvalue weighted by atomic mass is 16.3. The van der Waals surface area contributed by atoms with Gasteiger partial charge in [-0.15, -0.1) is 0 Å². The second-order valence-corrected chi connectivity index (χ2v) is 3.61. The molecular formula is C11H15N3O. The zero-order valence-electron chi connectivity index (χ0n) is 9.22. The van der Waals surface area contributed by atoms with Crippen LogP contribution in [0.15, 0.2) is 16.5 Å². The first kappa shape index (κ1) is 9.98. The Morgan fingerprint density at radius 1 is 1.40 bits per heavy atom. The molecule has 4 heteroatoms. The molecule has 0 spiro atoms. The van der Waals surface area contributed by atoms with Crippen molar-refractivity contribution in [1.29, 1.82) is 0 Å². The fourth-order valence-corrected chi connectivity index (χ4v) is 1.67. The summed E-state index contributed by atoms with van der Waals surface area (Å²) in [5.74, 6) is 1.80. The highest BCUT2D eigenvalue weighted by Gasteiger charge is 2.14. The standard InChI is InChI=1S/C11H15N3O/c1-7-4-5-10(15-7)11-8(2)13-14-9(11)6-12-3/h4-5,12H,6H2,1-3H3,(H,13,14). The summed E-state index contributed by atoms with van der Waals surface area (Å²) in [5.41, 5.74) is 3.09. The van der Waals surface area contributed by atoms with Crippen LogP contribution in [0.5, 0.6) is 0 Å². The van der Waals surface area contributed by atoms with Crippen molar-refractivity contribution in [2.24, 2.45) is 0 Å². The molecule has 0 amide bonds. The Morgan fingerprint density at radius 2 is 2.20 bits per heavy atom. The SMILES string of the molecule is CNCc1n[nH]c(C)c1-c1ccc(C)o1. The van der Waals surface area contributed by atoms with E-state index in [1.165, 1.54) is 0 Å². The average molecular weight is 205 g/mol. The van der Waals surface area contributed by atoms with Crippen LogP contribution in [0.4, 0.5) is 0 Å². The molecule has 15 heavy (non-hydrogen) atoms. The molecule has 0 aliphatic heterocycles. The third-order valence-electron chi connectivity index (χ3n) is 2.35. The molecule has 0 atom stereocenters. The number of rotatable bonds is 3. The van der Waals surface area contributed by atoms with E-state index in [0.29, 0.717) is 0 Å². The lowest BCUT2D eigenvalue weighted by Crippen LogP contribution is -2.06. The average Bonchev–Trinajstić information content (AvgIpc) is 2.74. The second-order valence-electron chi connectivity index (χ2n) is 3.61. The Balaban J connectivity index is 2.46. The fraction of sp³-hybridized carbons (Fsp3) is 0.364. The zero-order valence-corrected chi connectivity index (χ0v) is 9.22. The van der Waals surface area contributed by atoms with Crippen LogP contribution in [0.3, 0.4) is 0 Å². The molecule has 0 radical (unpaired) electrons. The lowest BCUT2D eigenvalue weighted by Gasteiger charge is -1.99. The molecule has 80 valence electrons. The highest BCUT2D eigenvalue weighted by molar-refractivity contribution is 5.63. The summed E-state index contributed by atoms with van der Waals surface area (Å²) >= 11 is 0. The predicted molar refractivity (Wildman–Crippen MR) is 58.5 cm³/mol. The second kappa shape index (κ2) is 3.90. The summed E-state index contributed by atoms with van der Waals surface area (Å²) in [7, 11) is 1.90. The molecule has 2 rings (SSSR count). The predicted octanol–water partition coefficient (Wildman–Crippen LogP) is 2.01. The molecule has 0 aliphatic rings. The minimum Gasteiger partial charge on any atom is -0.461 e. The molecule has 2 heterocycles. The van der Waals surface area contributed by atoms with Crippen LogP contribution in [0.2, 0.25) is 0 Å². The smallest absolute Gasteiger partial charge is 0.138 e. The Labute approximate surface area is 88.7 Å². The molecule has 4 nitrogen and oxygen atoms in total. The van der Waals surface area contributed by atoms with Crippen molar-refractivity contribution in [3.63, 3.8) is 0 Å². The number of hydrogen-bond donors (Lipinski definition) is 2. The minimum absolute atomic E-state index is 0.736. The first-order valence-electron chi connectivity index (χ1n) is 4.97. The van der Waals surface area contributed by atoms with Crippen molar-refractivity contribution < 1.29 is 4.42 Å². The molecule has 0 aromatic carbocycles. The Kier molecular flexibility index (Phi) is 2.60. The van der Waals surface area contributed by atoms with E-state index >= 15 is 0 Å². The maximum Gasteiger partial charge on any atom is 0.138 e. The van der Waals surface area contributed by atoms with Gasteiger partial charge < -0.3 is 9.73 Å². The summed E-state index contributed by atoms with van der Waals surface area (Å²) in [6.07, 6.45) is 0. The van der Waals surface area contributed by atoms with Crippen LogP contribution in [0, 0.1) is 13.8 Å². The lowest BCUT2D eigenvalue weighted by atomic mass is 10.1. The molecule has 2 N–H and O–H groups in total. The number of furan rings is 1. The van der Waals surface area contributed by atoms with Crippen molar-refractivity contribution in [1.82, 2.24) is 15.5 Å². The van der Waals surface area contributed by atoms with Crippen molar-refractivity contribution in [3.05, 3.63) is 29.3 Å². The van der Waals surface area contributed by atoms with Gasteiger partial charge in [0.15, 0.2) is 0 Å². The third-order valence-corrected chi connectivity index (χ3v) is 2.35. The fourth-order valence-electron chi connectivity index (χ4n) is 1.67. The van der Waals surface area contributed by atoms with Crippen LogP contribution < -0.4 is 5.32 Å². The first-order chi connectivity index (χ1) is 7.22. The van der Waals surface area contributed by atoms with E-state index in [1.54, 1.807) is 0 Å². The van der Waals surface area contributed by atoms with E-state index in [0.717, 1.165) is 35.0 Å². The molecule has 2 aromatic heterocycles. The van der Waals surface area contributed by atoms with Gasteiger partial charge in [-0.1, -0.05) is 0 Å². The lowest BCUT2D eigenvalue weighted by molar-refractivity contribution is 0.547. The largest absolute Gasteiger partial charge is 0.461 e. The first-order valence-corrected chi connectivity index (χ1v) is 4.97. The van der Waals surface area contributed by atoms with E-state index in [1.807, 2.05) is 33.0 Å². The number of aromatic nitrogens is 2. The minimum atomic E-state index is 0.736. The van der Waals surface area contributed by atoms with Crippen molar-refractivity contribution in [3.8, 4) is 11.3 Å². The van der Waals surface area contributed by atoms with E-state index in [-0.39, 0.29) is 0 Å². The molecule has 0 aliphatic carbocycles. The number of hydrogen-bond acceptors (Lipinski definition) is 3. The van der Waals surface area contributed by atoms with Crippen LogP contribution in [-0.2, 0) is 6.54 Å². The summed E-state index contributed by atoms with van der Waals surface area (Å²) in [4.78, 5) is 0. The van der Waals surface area contributed by atoms with Crippen LogP contribution >= 0.6 is 0 Å². The Morgan fingerprint density at radius 3 is 2.80 bits per heavy atom. The monoisotopic (exact) mass is 205 g/mol. The number of nitrogens with one attached hydrogen (secondary N) is 2. The molecule has 0 saturated carbocycles. The van der Waals surface area contributed by atoms with Gasteiger partial charge in [0.25, 0.3) is 0 Å². The van der Waals surface area contributed by atoms with E-state index in [2.05, 4.69) is 15.5 Å². The van der Waals surface area contributed by atoms with Gasteiger partial charge in [-0.05, 0) is 33.0 Å².